The molecule has 0 aliphatic carbocycles. The third kappa shape index (κ3) is 4.22. The van der Waals surface area contributed by atoms with Gasteiger partial charge in [0.25, 0.3) is 0 Å². The molecule has 0 aliphatic rings. The molecule has 6 nitrogen and oxygen atoms in total. The molecule has 0 aromatic carbocycles. The van der Waals surface area contributed by atoms with E-state index >= 15 is 0 Å². The molecule has 1 rings (SSSR count). The van der Waals surface area contributed by atoms with Crippen LogP contribution in [-0.2, 0) is 16.6 Å². The Bertz CT molecular complexity index is 430. The summed E-state index contributed by atoms with van der Waals surface area (Å²) in [5.74, 6) is 0.558. The first-order valence-electron chi connectivity index (χ1n) is 4.32. The van der Waals surface area contributed by atoms with Gasteiger partial charge in [0.1, 0.15) is 0 Å². The molecule has 1 aromatic heterocycles. The maximum atomic E-state index is 10.9. The number of nitrogens with zero attached hydrogens (tertiary/aromatic N) is 3. The maximum Gasteiger partial charge on any atom is 0.225 e. The summed E-state index contributed by atoms with van der Waals surface area (Å²) in [5.41, 5.74) is 0.638. The van der Waals surface area contributed by atoms with Crippen LogP contribution in [0.25, 0.3) is 0 Å². The van der Waals surface area contributed by atoms with Crippen LogP contribution in [0.4, 0.5) is 5.95 Å². The van der Waals surface area contributed by atoms with Gasteiger partial charge in [0, 0.05) is 20.3 Å². The average molecular weight is 230 g/mol. The van der Waals surface area contributed by atoms with Crippen molar-refractivity contribution < 1.29 is 8.42 Å². The van der Waals surface area contributed by atoms with Crippen molar-refractivity contribution in [3.63, 3.8) is 0 Å². The molecule has 0 radical (unpaired) electrons. The van der Waals surface area contributed by atoms with Crippen LogP contribution in [-0.4, -0.2) is 38.7 Å². The van der Waals surface area contributed by atoms with Crippen molar-refractivity contribution in [2.75, 3.05) is 25.3 Å². The zero-order chi connectivity index (χ0) is 11.5. The lowest BCUT2D eigenvalue weighted by Gasteiger charge is -2.10. The summed E-state index contributed by atoms with van der Waals surface area (Å²) in [5, 5.41) is 0. The van der Waals surface area contributed by atoms with E-state index in [4.69, 9.17) is 0 Å². The molecule has 0 amide bonds. The zero-order valence-corrected chi connectivity index (χ0v) is 9.74. The van der Waals surface area contributed by atoms with Gasteiger partial charge in [0.05, 0.1) is 18.5 Å². The average Bonchev–Trinajstić information content (AvgIpc) is 2.14. The Balaban J connectivity index is 2.74. The summed E-state index contributed by atoms with van der Waals surface area (Å²) >= 11 is 0. The molecule has 0 atom stereocenters. The van der Waals surface area contributed by atoms with Crippen molar-refractivity contribution in [2.45, 2.75) is 6.54 Å². The topological polar surface area (TPSA) is 75.2 Å². The number of sulfonamides is 1. The molecule has 15 heavy (non-hydrogen) atoms. The largest absolute Gasteiger partial charge is 0.347 e. The smallest absolute Gasteiger partial charge is 0.225 e. The van der Waals surface area contributed by atoms with Crippen LogP contribution in [0.3, 0.4) is 0 Å². The molecule has 84 valence electrons. The molecule has 1 heterocycles. The molecule has 1 N–H and O–H groups in total. The minimum Gasteiger partial charge on any atom is -0.347 e. The summed E-state index contributed by atoms with van der Waals surface area (Å²) in [7, 11) is 0.466. The van der Waals surface area contributed by atoms with Crippen molar-refractivity contribution >= 4 is 16.0 Å². The van der Waals surface area contributed by atoms with Gasteiger partial charge in [-0.05, 0) is 6.07 Å². The molecule has 0 fully saturated rings. The van der Waals surface area contributed by atoms with Crippen LogP contribution >= 0.6 is 0 Å². The van der Waals surface area contributed by atoms with Gasteiger partial charge in [-0.1, -0.05) is 0 Å². The Labute approximate surface area is 89.4 Å². The minimum absolute atomic E-state index is 0.183. The van der Waals surface area contributed by atoms with Crippen LogP contribution in [0.5, 0.6) is 0 Å². The van der Waals surface area contributed by atoms with Crippen LogP contribution in [0, 0.1) is 0 Å². The molecular weight excluding hydrogens is 216 g/mol. The highest BCUT2D eigenvalue weighted by Crippen LogP contribution is 2.03. The lowest BCUT2D eigenvalue weighted by molar-refractivity contribution is 0.586. The first-order valence-corrected chi connectivity index (χ1v) is 6.21. The zero-order valence-electron chi connectivity index (χ0n) is 8.93. The number of hydrogen-bond acceptors (Lipinski definition) is 5. The molecule has 0 spiro atoms. The van der Waals surface area contributed by atoms with E-state index < -0.39 is 10.0 Å². The van der Waals surface area contributed by atoms with E-state index in [1.807, 2.05) is 14.1 Å². The molecular formula is C8H14N4O2S. The van der Waals surface area contributed by atoms with Crippen molar-refractivity contribution in [1.29, 1.82) is 0 Å². The summed E-state index contributed by atoms with van der Waals surface area (Å²) in [6, 6.07) is 1.67. The summed E-state index contributed by atoms with van der Waals surface area (Å²) < 4.78 is 24.1. The normalized spacial score (nSPS) is 11.4. The first kappa shape index (κ1) is 11.9. The van der Waals surface area contributed by atoms with Gasteiger partial charge in [-0.2, -0.15) is 0 Å². The number of aromatic nitrogens is 2. The third-order valence-electron chi connectivity index (χ3n) is 1.62. The third-order valence-corrected chi connectivity index (χ3v) is 2.28. The van der Waals surface area contributed by atoms with E-state index in [1.54, 1.807) is 17.2 Å². The van der Waals surface area contributed by atoms with Crippen molar-refractivity contribution in [3.05, 3.63) is 18.0 Å². The molecule has 7 heteroatoms. The second-order valence-electron chi connectivity index (χ2n) is 3.34. The number of nitrogens with one attached hydrogen (secondary N) is 1. The van der Waals surface area contributed by atoms with Gasteiger partial charge in [0.2, 0.25) is 16.0 Å². The highest BCUT2D eigenvalue weighted by atomic mass is 32.2. The van der Waals surface area contributed by atoms with Gasteiger partial charge in [-0.25, -0.2) is 23.1 Å². The summed E-state index contributed by atoms with van der Waals surface area (Å²) in [6.07, 6.45) is 2.71. The predicted octanol–water partition coefficient (Wildman–Crippen LogP) is -0.408. The predicted molar refractivity (Wildman–Crippen MR) is 58.0 cm³/mol. The summed E-state index contributed by atoms with van der Waals surface area (Å²) in [4.78, 5) is 9.94. The number of rotatable bonds is 4. The maximum absolute atomic E-state index is 10.9. The van der Waals surface area contributed by atoms with E-state index in [0.29, 0.717) is 11.6 Å². The van der Waals surface area contributed by atoms with Crippen molar-refractivity contribution in [1.82, 2.24) is 14.7 Å². The lowest BCUT2D eigenvalue weighted by Crippen LogP contribution is -2.22. The van der Waals surface area contributed by atoms with Crippen molar-refractivity contribution in [2.24, 2.45) is 0 Å². The van der Waals surface area contributed by atoms with E-state index in [0.717, 1.165) is 6.26 Å². The SMILES string of the molecule is CN(C)c1nccc(CNS(C)(=O)=O)n1. The molecule has 0 aliphatic heterocycles. The summed E-state index contributed by atoms with van der Waals surface area (Å²) in [6.45, 7) is 0.183. The Morgan fingerprint density at radius 2 is 2.13 bits per heavy atom. The fourth-order valence-corrected chi connectivity index (χ4v) is 1.31. The van der Waals surface area contributed by atoms with E-state index in [9.17, 15) is 8.42 Å². The monoisotopic (exact) mass is 230 g/mol. The minimum atomic E-state index is -3.18. The number of hydrogen-bond donors (Lipinski definition) is 1. The highest BCUT2D eigenvalue weighted by molar-refractivity contribution is 7.88. The van der Waals surface area contributed by atoms with Gasteiger partial charge in [0.15, 0.2) is 0 Å². The fraction of sp³-hybridized carbons (Fsp3) is 0.500. The van der Waals surface area contributed by atoms with Crippen LogP contribution in [0.2, 0.25) is 0 Å². The Kier molecular flexibility index (Phi) is 3.59. The standard InChI is InChI=1S/C8H14N4O2S/c1-12(2)8-9-5-4-7(11-8)6-10-15(3,13)14/h4-5,10H,6H2,1-3H3. The van der Waals surface area contributed by atoms with Crippen LogP contribution in [0.1, 0.15) is 5.69 Å². The fourth-order valence-electron chi connectivity index (χ4n) is 0.904. The van der Waals surface area contributed by atoms with Gasteiger partial charge in [-0.3, -0.25) is 0 Å². The Hall–Kier alpha value is -1.21. The second-order valence-corrected chi connectivity index (χ2v) is 5.17. The lowest BCUT2D eigenvalue weighted by atomic mass is 10.4. The van der Waals surface area contributed by atoms with E-state index in [1.165, 1.54) is 0 Å². The number of anilines is 1. The van der Waals surface area contributed by atoms with Gasteiger partial charge < -0.3 is 4.90 Å². The Morgan fingerprint density at radius 3 is 2.67 bits per heavy atom. The first-order chi connectivity index (χ1) is 6.88. The van der Waals surface area contributed by atoms with Crippen molar-refractivity contribution in [3.8, 4) is 0 Å². The van der Waals surface area contributed by atoms with E-state index in [-0.39, 0.29) is 6.54 Å². The molecule has 0 saturated carbocycles. The van der Waals surface area contributed by atoms with Gasteiger partial charge >= 0.3 is 0 Å². The van der Waals surface area contributed by atoms with Crippen LogP contribution in [0.15, 0.2) is 12.3 Å². The Morgan fingerprint density at radius 1 is 1.47 bits per heavy atom. The van der Waals surface area contributed by atoms with Crippen LogP contribution < -0.4 is 9.62 Å². The van der Waals surface area contributed by atoms with Gasteiger partial charge in [-0.15, -0.1) is 0 Å². The second kappa shape index (κ2) is 4.54. The molecule has 0 unspecified atom stereocenters. The quantitative estimate of drug-likeness (QED) is 0.761. The molecule has 0 bridgehead atoms. The highest BCUT2D eigenvalue weighted by Gasteiger charge is 2.04. The van der Waals surface area contributed by atoms with E-state index in [2.05, 4.69) is 14.7 Å². The molecule has 0 saturated heterocycles. The molecule has 1 aromatic rings.